The highest BCUT2D eigenvalue weighted by Crippen LogP contribution is 2.23. The summed E-state index contributed by atoms with van der Waals surface area (Å²) in [7, 11) is 0. The third-order valence-electron chi connectivity index (χ3n) is 3.20. The van der Waals surface area contributed by atoms with Crippen LogP contribution in [0.1, 0.15) is 24.9 Å². The predicted octanol–water partition coefficient (Wildman–Crippen LogP) is 2.41. The lowest BCUT2D eigenvalue weighted by Gasteiger charge is -2.17. The van der Waals surface area contributed by atoms with Gasteiger partial charge in [-0.3, -0.25) is 9.59 Å². The summed E-state index contributed by atoms with van der Waals surface area (Å²) in [5.41, 5.74) is 8.31. The lowest BCUT2D eigenvalue weighted by molar-refractivity contribution is -0.121. The van der Waals surface area contributed by atoms with E-state index in [9.17, 15) is 9.59 Å². The van der Waals surface area contributed by atoms with Crippen molar-refractivity contribution in [2.24, 2.45) is 5.73 Å². The monoisotopic (exact) mass is 282 g/mol. The van der Waals surface area contributed by atoms with Gasteiger partial charge in [0.1, 0.15) is 0 Å². The van der Waals surface area contributed by atoms with E-state index in [-0.39, 0.29) is 18.4 Å². The molecule has 108 valence electrons. The topological polar surface area (TPSA) is 72.2 Å². The van der Waals surface area contributed by atoms with Crippen LogP contribution in [0.15, 0.2) is 54.6 Å². The van der Waals surface area contributed by atoms with Gasteiger partial charge in [0.25, 0.3) is 0 Å². The summed E-state index contributed by atoms with van der Waals surface area (Å²) in [5, 5.41) is 2.75. The van der Waals surface area contributed by atoms with Gasteiger partial charge in [0.05, 0.1) is 12.5 Å². The molecule has 0 aliphatic heterocycles. The van der Waals surface area contributed by atoms with Gasteiger partial charge in [-0.15, -0.1) is 0 Å². The van der Waals surface area contributed by atoms with E-state index in [2.05, 4.69) is 5.32 Å². The number of rotatable bonds is 5. The zero-order chi connectivity index (χ0) is 15.2. The average Bonchev–Trinajstić information content (AvgIpc) is 2.47. The second kappa shape index (κ2) is 6.70. The molecule has 2 aromatic rings. The first-order valence-electron chi connectivity index (χ1n) is 6.77. The zero-order valence-corrected chi connectivity index (χ0v) is 11.9. The van der Waals surface area contributed by atoms with E-state index in [1.807, 2.05) is 54.6 Å². The molecule has 0 aromatic heterocycles. The van der Waals surface area contributed by atoms with Crippen LogP contribution < -0.4 is 11.1 Å². The Labute approximate surface area is 124 Å². The number of carbonyl (C=O) groups excluding carboxylic acids is 2. The van der Waals surface area contributed by atoms with E-state index in [1.165, 1.54) is 6.92 Å². The van der Waals surface area contributed by atoms with Crippen molar-refractivity contribution in [3.8, 4) is 11.1 Å². The van der Waals surface area contributed by atoms with Gasteiger partial charge in [0, 0.05) is 6.92 Å². The first kappa shape index (κ1) is 14.8. The molecule has 0 radical (unpaired) electrons. The van der Waals surface area contributed by atoms with E-state index in [1.54, 1.807) is 0 Å². The average molecular weight is 282 g/mol. The maximum Gasteiger partial charge on any atom is 0.219 e. The Kier molecular flexibility index (Phi) is 4.72. The molecule has 3 N–H and O–H groups in total. The van der Waals surface area contributed by atoms with Crippen LogP contribution in [0, 0.1) is 0 Å². The van der Waals surface area contributed by atoms with Crippen LogP contribution >= 0.6 is 0 Å². The Hall–Kier alpha value is -2.62. The molecule has 0 bridgehead atoms. The third-order valence-corrected chi connectivity index (χ3v) is 3.20. The Morgan fingerprint density at radius 2 is 1.57 bits per heavy atom. The summed E-state index contributed by atoms with van der Waals surface area (Å²) in [6.07, 6.45) is 0.0876. The third kappa shape index (κ3) is 4.18. The Balaban J connectivity index is 2.22. The maximum atomic E-state index is 11.2. The van der Waals surface area contributed by atoms with Crippen molar-refractivity contribution < 1.29 is 9.59 Å². The fraction of sp³-hybridized carbons (Fsp3) is 0.176. The lowest BCUT2D eigenvalue weighted by Crippen LogP contribution is -2.29. The van der Waals surface area contributed by atoms with Crippen LogP contribution in [0.4, 0.5) is 0 Å². The van der Waals surface area contributed by atoms with Gasteiger partial charge in [-0.05, 0) is 16.7 Å². The number of hydrogen-bond donors (Lipinski definition) is 2. The van der Waals surface area contributed by atoms with Crippen molar-refractivity contribution in [3.63, 3.8) is 0 Å². The Bertz CT molecular complexity index is 605. The van der Waals surface area contributed by atoms with Gasteiger partial charge in [0.2, 0.25) is 11.8 Å². The standard InChI is InChI=1S/C17H18N2O2/c1-12(20)19-16(11-17(18)21)15-9-7-14(8-10-15)13-5-3-2-4-6-13/h2-10,16H,11H2,1H3,(H2,18,21)(H,19,20). The number of carbonyl (C=O) groups is 2. The van der Waals surface area contributed by atoms with Crippen LogP contribution in [0.5, 0.6) is 0 Å². The number of hydrogen-bond acceptors (Lipinski definition) is 2. The van der Waals surface area contributed by atoms with E-state index >= 15 is 0 Å². The maximum absolute atomic E-state index is 11.2. The largest absolute Gasteiger partial charge is 0.370 e. The van der Waals surface area contributed by atoms with E-state index in [4.69, 9.17) is 5.73 Å². The summed E-state index contributed by atoms with van der Waals surface area (Å²) >= 11 is 0. The van der Waals surface area contributed by atoms with Gasteiger partial charge < -0.3 is 11.1 Å². The van der Waals surface area contributed by atoms with Crippen molar-refractivity contribution >= 4 is 11.8 Å². The minimum Gasteiger partial charge on any atom is -0.370 e. The molecule has 21 heavy (non-hydrogen) atoms. The molecule has 4 nitrogen and oxygen atoms in total. The molecule has 0 heterocycles. The first-order valence-corrected chi connectivity index (χ1v) is 6.77. The summed E-state index contributed by atoms with van der Waals surface area (Å²) in [5.74, 6) is -0.630. The highest BCUT2D eigenvalue weighted by molar-refractivity contribution is 5.78. The first-order chi connectivity index (χ1) is 10.1. The molecule has 2 aromatic carbocycles. The van der Waals surface area contributed by atoms with Gasteiger partial charge in [0.15, 0.2) is 0 Å². The highest BCUT2D eigenvalue weighted by atomic mass is 16.2. The van der Waals surface area contributed by atoms with Crippen LogP contribution in [-0.2, 0) is 9.59 Å². The highest BCUT2D eigenvalue weighted by Gasteiger charge is 2.15. The zero-order valence-electron chi connectivity index (χ0n) is 11.9. The number of nitrogens with two attached hydrogens (primary N) is 1. The van der Waals surface area contributed by atoms with E-state index < -0.39 is 5.91 Å². The van der Waals surface area contributed by atoms with Crippen molar-refractivity contribution in [1.82, 2.24) is 5.32 Å². The van der Waals surface area contributed by atoms with Gasteiger partial charge >= 0.3 is 0 Å². The van der Waals surface area contributed by atoms with E-state index in [0.29, 0.717) is 0 Å². The molecule has 1 unspecified atom stereocenters. The normalized spacial score (nSPS) is 11.7. The fourth-order valence-electron chi connectivity index (χ4n) is 2.24. The molecular weight excluding hydrogens is 264 g/mol. The SMILES string of the molecule is CC(=O)NC(CC(N)=O)c1ccc(-c2ccccc2)cc1. The smallest absolute Gasteiger partial charge is 0.219 e. The molecule has 1 atom stereocenters. The predicted molar refractivity (Wildman–Crippen MR) is 82.2 cm³/mol. The van der Waals surface area contributed by atoms with Gasteiger partial charge in [-0.2, -0.15) is 0 Å². The molecular formula is C17H18N2O2. The van der Waals surface area contributed by atoms with Gasteiger partial charge in [-0.1, -0.05) is 54.6 Å². The molecule has 2 amide bonds. The number of nitrogens with one attached hydrogen (secondary N) is 1. The van der Waals surface area contributed by atoms with Crippen LogP contribution in [0.2, 0.25) is 0 Å². The second-order valence-corrected chi connectivity index (χ2v) is 4.91. The quantitative estimate of drug-likeness (QED) is 0.884. The van der Waals surface area contributed by atoms with Crippen molar-refractivity contribution in [3.05, 3.63) is 60.2 Å². The number of amides is 2. The van der Waals surface area contributed by atoms with Crippen LogP contribution in [0.3, 0.4) is 0 Å². The summed E-state index contributed by atoms with van der Waals surface area (Å²) < 4.78 is 0. The molecule has 0 saturated carbocycles. The van der Waals surface area contributed by atoms with Crippen LogP contribution in [0.25, 0.3) is 11.1 Å². The molecule has 0 spiro atoms. The number of benzene rings is 2. The summed E-state index contributed by atoms with van der Waals surface area (Å²) in [6.45, 7) is 1.42. The summed E-state index contributed by atoms with van der Waals surface area (Å²) in [6, 6.07) is 17.4. The molecule has 4 heteroatoms. The lowest BCUT2D eigenvalue weighted by atomic mass is 9.99. The molecule has 0 saturated heterocycles. The fourth-order valence-corrected chi connectivity index (χ4v) is 2.24. The van der Waals surface area contributed by atoms with E-state index in [0.717, 1.165) is 16.7 Å². The van der Waals surface area contributed by atoms with Gasteiger partial charge in [-0.25, -0.2) is 0 Å². The Morgan fingerprint density at radius 1 is 1.00 bits per heavy atom. The minimum absolute atomic E-state index is 0.0876. The molecule has 2 rings (SSSR count). The van der Waals surface area contributed by atoms with Crippen molar-refractivity contribution in [1.29, 1.82) is 0 Å². The minimum atomic E-state index is -0.444. The number of primary amides is 1. The van der Waals surface area contributed by atoms with Crippen molar-refractivity contribution in [2.75, 3.05) is 0 Å². The van der Waals surface area contributed by atoms with Crippen molar-refractivity contribution in [2.45, 2.75) is 19.4 Å². The summed E-state index contributed by atoms with van der Waals surface area (Å²) in [4.78, 5) is 22.4. The molecule has 0 aliphatic carbocycles. The second-order valence-electron chi connectivity index (χ2n) is 4.91. The Morgan fingerprint density at radius 3 is 2.10 bits per heavy atom. The molecule has 0 aliphatic rings. The molecule has 0 fully saturated rings. The van der Waals surface area contributed by atoms with Crippen LogP contribution in [-0.4, -0.2) is 11.8 Å².